The van der Waals surface area contributed by atoms with Gasteiger partial charge in [0.15, 0.2) is 0 Å². The number of pyridine rings is 1. The van der Waals surface area contributed by atoms with Gasteiger partial charge in [-0.2, -0.15) is 0 Å². The molecule has 1 aliphatic rings. The van der Waals surface area contributed by atoms with Crippen LogP contribution in [-0.2, 0) is 9.53 Å². The molecule has 20 heavy (non-hydrogen) atoms. The number of ether oxygens (including phenoxy) is 1. The summed E-state index contributed by atoms with van der Waals surface area (Å²) >= 11 is 3.36. The Bertz CT molecular complexity index is 509. The van der Waals surface area contributed by atoms with Crippen LogP contribution in [0.25, 0.3) is 5.57 Å². The lowest BCUT2D eigenvalue weighted by Gasteiger charge is -2.12. The van der Waals surface area contributed by atoms with E-state index in [9.17, 15) is 4.79 Å². The third kappa shape index (κ3) is 3.20. The molecule has 0 aliphatic carbocycles. The highest BCUT2D eigenvalue weighted by atomic mass is 79.9. The second kappa shape index (κ2) is 6.88. The Morgan fingerprint density at radius 2 is 1.95 bits per heavy atom. The quantitative estimate of drug-likeness (QED) is 0.478. The molecule has 1 aliphatic heterocycles. The Balaban J connectivity index is 0.000000956. The van der Waals surface area contributed by atoms with Gasteiger partial charge in [0.1, 0.15) is 5.82 Å². The lowest BCUT2D eigenvalue weighted by atomic mass is 10.1. The van der Waals surface area contributed by atoms with Gasteiger partial charge >= 0.3 is 5.97 Å². The van der Waals surface area contributed by atoms with Gasteiger partial charge in [0.2, 0.25) is 0 Å². The topological polar surface area (TPSA) is 42.2 Å². The van der Waals surface area contributed by atoms with E-state index in [1.807, 2.05) is 19.9 Å². The van der Waals surface area contributed by atoms with Crippen molar-refractivity contribution in [2.45, 2.75) is 39.8 Å². The minimum Gasteiger partial charge on any atom is -0.465 e. The van der Waals surface area contributed by atoms with Gasteiger partial charge in [-0.05, 0) is 35.8 Å². The molecule has 0 amide bonds. The summed E-state index contributed by atoms with van der Waals surface area (Å²) in [6.07, 6.45) is 1.72. The molecule has 5 heteroatoms. The average Bonchev–Trinajstić information content (AvgIpc) is 3.06. The van der Waals surface area contributed by atoms with Crippen molar-refractivity contribution < 1.29 is 9.53 Å². The predicted octanol–water partition coefficient (Wildman–Crippen LogP) is 3.65. The van der Waals surface area contributed by atoms with Crippen LogP contribution in [0, 0.1) is 0 Å². The molecule has 0 saturated carbocycles. The van der Waals surface area contributed by atoms with Gasteiger partial charge in [-0.1, -0.05) is 20.4 Å². The molecule has 1 aromatic heterocycles. The summed E-state index contributed by atoms with van der Waals surface area (Å²) in [6, 6.07) is 2.71. The van der Waals surface area contributed by atoms with Gasteiger partial charge in [-0.3, -0.25) is 0 Å². The molecule has 2 atom stereocenters. The fourth-order valence-corrected chi connectivity index (χ4v) is 2.31. The molecule has 0 radical (unpaired) electrons. The van der Waals surface area contributed by atoms with Crippen molar-refractivity contribution in [1.29, 1.82) is 0 Å². The zero-order valence-electron chi connectivity index (χ0n) is 12.6. The first-order valence-corrected chi connectivity index (χ1v) is 7.48. The highest BCUT2D eigenvalue weighted by molar-refractivity contribution is 9.10. The number of halogens is 1. The Kier molecular flexibility index (Phi) is 5.74. The van der Waals surface area contributed by atoms with Crippen molar-refractivity contribution in [3.8, 4) is 0 Å². The second-order valence-electron chi connectivity index (χ2n) is 4.38. The fraction of sp³-hybridized carbons (Fsp3) is 0.467. The van der Waals surface area contributed by atoms with Crippen LogP contribution < -0.4 is 4.90 Å². The van der Waals surface area contributed by atoms with E-state index in [-0.39, 0.29) is 0 Å². The number of hydrogen-bond donors (Lipinski definition) is 0. The lowest BCUT2D eigenvalue weighted by molar-refractivity contribution is -0.133. The van der Waals surface area contributed by atoms with Crippen molar-refractivity contribution in [3.63, 3.8) is 0 Å². The highest BCUT2D eigenvalue weighted by Crippen LogP contribution is 2.38. The van der Waals surface area contributed by atoms with Gasteiger partial charge in [0, 0.05) is 28.3 Å². The highest BCUT2D eigenvalue weighted by Gasteiger charge is 2.42. The number of carbonyl (C=O) groups excluding carboxylic acids is 1. The Morgan fingerprint density at radius 3 is 2.40 bits per heavy atom. The van der Waals surface area contributed by atoms with Gasteiger partial charge in [0.05, 0.1) is 12.7 Å². The van der Waals surface area contributed by atoms with E-state index in [0.717, 1.165) is 10.3 Å². The first-order valence-electron chi connectivity index (χ1n) is 6.68. The van der Waals surface area contributed by atoms with Crippen molar-refractivity contribution in [2.24, 2.45) is 0 Å². The molecule has 1 aromatic rings. The SMILES string of the molecule is C=C(C(=O)OC)c1cc(Br)cnc1N1C(C)C1C.CC. The maximum absolute atomic E-state index is 11.6. The first-order chi connectivity index (χ1) is 9.47. The summed E-state index contributed by atoms with van der Waals surface area (Å²) in [5, 5.41) is 0. The van der Waals surface area contributed by atoms with Gasteiger partial charge in [0.25, 0.3) is 0 Å². The third-order valence-electron chi connectivity index (χ3n) is 3.32. The zero-order chi connectivity index (χ0) is 15.4. The lowest BCUT2D eigenvalue weighted by Crippen LogP contribution is -2.09. The van der Waals surface area contributed by atoms with Crippen LogP contribution in [0.15, 0.2) is 23.3 Å². The number of hydrogen-bond acceptors (Lipinski definition) is 4. The van der Waals surface area contributed by atoms with Crippen LogP contribution >= 0.6 is 15.9 Å². The summed E-state index contributed by atoms with van der Waals surface area (Å²) in [6.45, 7) is 12.0. The monoisotopic (exact) mass is 340 g/mol. The van der Waals surface area contributed by atoms with E-state index in [1.165, 1.54) is 7.11 Å². The molecule has 110 valence electrons. The Labute approximate surface area is 129 Å². The number of methoxy groups -OCH3 is 1. The standard InChI is InChI=1S/C13H15BrN2O2.C2H6/c1-7(13(17)18-4)11-5-10(14)6-15-12(11)16-8(2)9(16)3;1-2/h5-6,8-9H,1H2,2-4H3;1-2H3. The molecule has 2 rings (SSSR count). The zero-order valence-corrected chi connectivity index (χ0v) is 14.2. The normalized spacial score (nSPS) is 19.8. The van der Waals surface area contributed by atoms with Crippen LogP contribution in [0.5, 0.6) is 0 Å². The molecule has 2 heterocycles. The maximum atomic E-state index is 11.6. The van der Waals surface area contributed by atoms with E-state index in [4.69, 9.17) is 4.74 Å². The van der Waals surface area contributed by atoms with Crippen LogP contribution in [0.4, 0.5) is 5.82 Å². The van der Waals surface area contributed by atoms with Crippen molar-refractivity contribution >= 4 is 33.3 Å². The molecule has 1 saturated heterocycles. The second-order valence-corrected chi connectivity index (χ2v) is 5.30. The smallest absolute Gasteiger partial charge is 0.337 e. The minimum absolute atomic E-state index is 0.326. The van der Waals surface area contributed by atoms with E-state index >= 15 is 0 Å². The number of anilines is 1. The van der Waals surface area contributed by atoms with E-state index in [1.54, 1.807) is 6.20 Å². The number of aromatic nitrogens is 1. The third-order valence-corrected chi connectivity index (χ3v) is 3.75. The van der Waals surface area contributed by atoms with E-state index in [0.29, 0.717) is 23.2 Å². The average molecular weight is 341 g/mol. The van der Waals surface area contributed by atoms with Crippen LogP contribution in [0.3, 0.4) is 0 Å². The predicted molar refractivity (Wildman–Crippen MR) is 85.7 cm³/mol. The largest absolute Gasteiger partial charge is 0.465 e. The molecule has 2 unspecified atom stereocenters. The number of esters is 1. The summed E-state index contributed by atoms with van der Waals surface area (Å²) < 4.78 is 5.53. The molecule has 4 nitrogen and oxygen atoms in total. The molecule has 0 N–H and O–H groups in total. The Morgan fingerprint density at radius 1 is 1.40 bits per heavy atom. The summed E-state index contributed by atoms with van der Waals surface area (Å²) in [4.78, 5) is 18.1. The molecular formula is C15H21BrN2O2. The maximum Gasteiger partial charge on any atom is 0.337 e. The van der Waals surface area contributed by atoms with Crippen LogP contribution in [0.2, 0.25) is 0 Å². The molecule has 0 bridgehead atoms. The van der Waals surface area contributed by atoms with Crippen molar-refractivity contribution in [2.75, 3.05) is 12.0 Å². The molecule has 0 aromatic carbocycles. The van der Waals surface area contributed by atoms with E-state index < -0.39 is 5.97 Å². The van der Waals surface area contributed by atoms with Crippen molar-refractivity contribution in [3.05, 3.63) is 28.9 Å². The molecular weight excluding hydrogens is 320 g/mol. The number of carbonyl (C=O) groups is 1. The number of nitrogens with zero attached hydrogens (tertiary/aromatic N) is 2. The molecule has 1 fully saturated rings. The summed E-state index contributed by atoms with van der Waals surface area (Å²) in [7, 11) is 1.35. The first kappa shape index (κ1) is 16.7. The van der Waals surface area contributed by atoms with Gasteiger partial charge in [-0.25, -0.2) is 9.78 Å². The molecule has 0 spiro atoms. The van der Waals surface area contributed by atoms with Crippen molar-refractivity contribution in [1.82, 2.24) is 4.98 Å². The van der Waals surface area contributed by atoms with Crippen LogP contribution in [-0.4, -0.2) is 30.1 Å². The fourth-order valence-electron chi connectivity index (χ4n) is 1.98. The summed E-state index contributed by atoms with van der Waals surface area (Å²) in [5.74, 6) is 0.354. The van der Waals surface area contributed by atoms with Gasteiger partial charge < -0.3 is 9.64 Å². The Hall–Kier alpha value is -1.36. The number of rotatable bonds is 3. The minimum atomic E-state index is -0.432. The van der Waals surface area contributed by atoms with Crippen LogP contribution in [0.1, 0.15) is 33.3 Å². The van der Waals surface area contributed by atoms with Gasteiger partial charge in [-0.15, -0.1) is 0 Å². The summed E-state index contributed by atoms with van der Waals surface area (Å²) in [5.41, 5.74) is 1.04. The van der Waals surface area contributed by atoms with E-state index in [2.05, 4.69) is 46.2 Å².